The molecule has 72 valence electrons. The van der Waals surface area contributed by atoms with Gasteiger partial charge in [0, 0.05) is 6.92 Å². The average molecular weight is 184 g/mol. The van der Waals surface area contributed by atoms with Crippen LogP contribution < -0.4 is 0 Å². The van der Waals surface area contributed by atoms with E-state index in [1.807, 2.05) is 0 Å². The van der Waals surface area contributed by atoms with E-state index >= 15 is 0 Å². The minimum atomic E-state index is -0.457. The van der Waals surface area contributed by atoms with Crippen molar-refractivity contribution in [2.24, 2.45) is 0 Å². The molecule has 0 saturated heterocycles. The lowest BCUT2D eigenvalue weighted by Gasteiger charge is -2.01. The standard InChI is InChI=1S/C9H12O4/c1-3-12-7-9(5-4-6-10)13-8(2)11/h4-7H,3H2,1-2H3. The molecular formula is C9H12O4. The number of hydrogen-bond acceptors (Lipinski definition) is 4. The lowest BCUT2D eigenvalue weighted by atomic mass is 10.4. The Morgan fingerprint density at radius 2 is 2.15 bits per heavy atom. The molecule has 4 nitrogen and oxygen atoms in total. The second-order valence-corrected chi connectivity index (χ2v) is 2.06. The molecule has 0 atom stereocenters. The largest absolute Gasteiger partial charge is 0.498 e. The van der Waals surface area contributed by atoms with Crippen molar-refractivity contribution < 1.29 is 19.1 Å². The van der Waals surface area contributed by atoms with Crippen molar-refractivity contribution in [3.63, 3.8) is 0 Å². The molecule has 0 aromatic heterocycles. The first-order valence-corrected chi connectivity index (χ1v) is 3.82. The molecule has 4 heteroatoms. The zero-order valence-corrected chi connectivity index (χ0v) is 7.65. The highest BCUT2D eigenvalue weighted by atomic mass is 16.5. The zero-order chi connectivity index (χ0) is 10.1. The van der Waals surface area contributed by atoms with Gasteiger partial charge in [-0.1, -0.05) is 0 Å². The van der Waals surface area contributed by atoms with Gasteiger partial charge in [0.05, 0.1) is 6.61 Å². The van der Waals surface area contributed by atoms with Crippen LogP contribution in [-0.2, 0) is 19.1 Å². The maximum Gasteiger partial charge on any atom is 0.308 e. The third kappa shape index (κ3) is 6.80. The van der Waals surface area contributed by atoms with Crippen LogP contribution in [0.1, 0.15) is 13.8 Å². The van der Waals surface area contributed by atoms with Crippen LogP contribution in [0.15, 0.2) is 24.2 Å². The second kappa shape index (κ2) is 7.09. The van der Waals surface area contributed by atoms with Crippen LogP contribution in [0.4, 0.5) is 0 Å². The van der Waals surface area contributed by atoms with Crippen molar-refractivity contribution in [2.45, 2.75) is 13.8 Å². The maximum atomic E-state index is 10.5. The SMILES string of the molecule is CCOC=C(C=CC=O)OC(C)=O. The summed E-state index contributed by atoms with van der Waals surface area (Å²) in [6.45, 7) is 3.54. The van der Waals surface area contributed by atoms with Crippen LogP contribution in [0.3, 0.4) is 0 Å². The molecule has 0 spiro atoms. The van der Waals surface area contributed by atoms with Crippen LogP contribution in [0.25, 0.3) is 0 Å². The molecule has 0 aliphatic rings. The van der Waals surface area contributed by atoms with Crippen molar-refractivity contribution in [3.05, 3.63) is 24.2 Å². The lowest BCUT2D eigenvalue weighted by molar-refractivity contribution is -0.136. The van der Waals surface area contributed by atoms with Gasteiger partial charge >= 0.3 is 5.97 Å². The fourth-order valence-electron chi connectivity index (χ4n) is 0.563. The summed E-state index contributed by atoms with van der Waals surface area (Å²) in [5, 5.41) is 0. The second-order valence-electron chi connectivity index (χ2n) is 2.06. The van der Waals surface area contributed by atoms with Gasteiger partial charge in [0.25, 0.3) is 0 Å². The average Bonchev–Trinajstić information content (AvgIpc) is 2.09. The molecule has 0 heterocycles. The van der Waals surface area contributed by atoms with Gasteiger partial charge < -0.3 is 9.47 Å². The monoisotopic (exact) mass is 184 g/mol. The van der Waals surface area contributed by atoms with E-state index in [1.54, 1.807) is 6.92 Å². The molecule has 0 fully saturated rings. The maximum absolute atomic E-state index is 10.5. The van der Waals surface area contributed by atoms with Gasteiger partial charge in [0.1, 0.15) is 12.5 Å². The molecular weight excluding hydrogens is 172 g/mol. The Morgan fingerprint density at radius 1 is 1.46 bits per heavy atom. The van der Waals surface area contributed by atoms with Crippen molar-refractivity contribution in [3.8, 4) is 0 Å². The molecule has 0 N–H and O–H groups in total. The van der Waals surface area contributed by atoms with E-state index in [-0.39, 0.29) is 5.76 Å². The molecule has 0 saturated carbocycles. The third-order valence-corrected chi connectivity index (χ3v) is 0.967. The molecule has 0 rings (SSSR count). The van der Waals surface area contributed by atoms with E-state index < -0.39 is 5.97 Å². The molecule has 0 aromatic carbocycles. The molecule has 0 unspecified atom stereocenters. The van der Waals surface area contributed by atoms with Gasteiger partial charge in [-0.25, -0.2) is 0 Å². The summed E-state index contributed by atoms with van der Waals surface area (Å²) in [6, 6.07) is 0. The van der Waals surface area contributed by atoms with Crippen molar-refractivity contribution >= 4 is 12.3 Å². The third-order valence-electron chi connectivity index (χ3n) is 0.967. The number of allylic oxidation sites excluding steroid dienone is 2. The summed E-state index contributed by atoms with van der Waals surface area (Å²) < 4.78 is 9.59. The molecule has 13 heavy (non-hydrogen) atoms. The molecule has 0 aromatic rings. The Morgan fingerprint density at radius 3 is 2.62 bits per heavy atom. The predicted octanol–water partition coefficient (Wildman–Crippen LogP) is 1.18. The Balaban J connectivity index is 4.25. The highest BCUT2D eigenvalue weighted by molar-refractivity contribution is 5.69. The van der Waals surface area contributed by atoms with Crippen LogP contribution >= 0.6 is 0 Å². The number of carbonyl (C=O) groups is 2. The Hall–Kier alpha value is -1.58. The normalized spacial score (nSPS) is 11.4. The molecule has 0 aliphatic heterocycles. The highest BCUT2D eigenvalue weighted by Crippen LogP contribution is 2.00. The number of hydrogen-bond donors (Lipinski definition) is 0. The first-order chi connectivity index (χ1) is 6.20. The fraction of sp³-hybridized carbons (Fsp3) is 0.333. The number of carbonyl (C=O) groups excluding carboxylic acids is 2. The van der Waals surface area contributed by atoms with Gasteiger partial charge in [-0.05, 0) is 19.1 Å². The first kappa shape index (κ1) is 11.4. The summed E-state index contributed by atoms with van der Waals surface area (Å²) in [5.74, 6) is -0.247. The summed E-state index contributed by atoms with van der Waals surface area (Å²) >= 11 is 0. The lowest BCUT2D eigenvalue weighted by Crippen LogP contribution is -1.97. The van der Waals surface area contributed by atoms with Crippen molar-refractivity contribution in [1.82, 2.24) is 0 Å². The smallest absolute Gasteiger partial charge is 0.308 e. The Labute approximate surface area is 76.8 Å². The van der Waals surface area contributed by atoms with Crippen LogP contribution in [0.2, 0.25) is 0 Å². The summed E-state index contributed by atoms with van der Waals surface area (Å²) in [4.78, 5) is 20.5. The van der Waals surface area contributed by atoms with Gasteiger partial charge in [0.15, 0.2) is 5.76 Å². The summed E-state index contributed by atoms with van der Waals surface area (Å²) in [6.07, 6.45) is 4.43. The van der Waals surface area contributed by atoms with Crippen LogP contribution in [-0.4, -0.2) is 18.9 Å². The van der Waals surface area contributed by atoms with Gasteiger partial charge in [-0.3, -0.25) is 9.59 Å². The van der Waals surface area contributed by atoms with E-state index in [4.69, 9.17) is 9.47 Å². The zero-order valence-electron chi connectivity index (χ0n) is 7.65. The van der Waals surface area contributed by atoms with Crippen LogP contribution in [0.5, 0.6) is 0 Å². The van der Waals surface area contributed by atoms with E-state index in [9.17, 15) is 9.59 Å². The first-order valence-electron chi connectivity index (χ1n) is 3.82. The minimum absolute atomic E-state index is 0.210. The molecule has 0 aliphatic carbocycles. The van der Waals surface area contributed by atoms with E-state index in [0.717, 1.165) is 0 Å². The molecule has 0 amide bonds. The number of rotatable bonds is 5. The molecule has 0 bridgehead atoms. The fourth-order valence-corrected chi connectivity index (χ4v) is 0.563. The van der Waals surface area contributed by atoms with Gasteiger partial charge in [-0.2, -0.15) is 0 Å². The summed E-state index contributed by atoms with van der Waals surface area (Å²) in [7, 11) is 0. The van der Waals surface area contributed by atoms with E-state index in [1.165, 1.54) is 25.3 Å². The Bertz CT molecular complexity index is 228. The van der Waals surface area contributed by atoms with E-state index in [2.05, 4.69) is 0 Å². The highest BCUT2D eigenvalue weighted by Gasteiger charge is 1.97. The van der Waals surface area contributed by atoms with E-state index in [0.29, 0.717) is 12.9 Å². The number of esters is 1. The topological polar surface area (TPSA) is 52.6 Å². The number of ether oxygens (including phenoxy) is 2. The summed E-state index contributed by atoms with van der Waals surface area (Å²) in [5.41, 5.74) is 0. The van der Waals surface area contributed by atoms with Crippen LogP contribution in [0, 0.1) is 0 Å². The van der Waals surface area contributed by atoms with Crippen molar-refractivity contribution in [1.29, 1.82) is 0 Å². The van der Waals surface area contributed by atoms with Crippen molar-refractivity contribution in [2.75, 3.05) is 6.61 Å². The van der Waals surface area contributed by atoms with Gasteiger partial charge in [-0.15, -0.1) is 0 Å². The minimum Gasteiger partial charge on any atom is -0.498 e. The predicted molar refractivity (Wildman–Crippen MR) is 46.7 cm³/mol. The number of aldehydes is 1. The quantitative estimate of drug-likeness (QED) is 0.212. The van der Waals surface area contributed by atoms with Gasteiger partial charge in [0.2, 0.25) is 0 Å². The molecule has 0 radical (unpaired) electrons. The Kier molecular flexibility index (Phi) is 6.23.